The van der Waals surface area contributed by atoms with E-state index < -0.39 is 5.97 Å². The van der Waals surface area contributed by atoms with Gasteiger partial charge in [0.25, 0.3) is 0 Å². The fourth-order valence-corrected chi connectivity index (χ4v) is 0.219. The summed E-state index contributed by atoms with van der Waals surface area (Å²) in [6.07, 6.45) is 3.45. The van der Waals surface area contributed by atoms with Crippen molar-refractivity contribution in [2.45, 2.75) is 13.3 Å². The summed E-state index contributed by atoms with van der Waals surface area (Å²) in [6, 6.07) is 0. The van der Waals surface area contributed by atoms with Gasteiger partial charge in [-0.15, -0.1) is 0 Å². The molecule has 40 valence electrons. The number of carbonyl (C=O) groups is 1. The van der Waals surface area contributed by atoms with Crippen LogP contribution >= 0.6 is 0 Å². The number of hydrogen-bond donors (Lipinski definition) is 1. The van der Waals surface area contributed by atoms with E-state index in [2.05, 4.69) is 0 Å². The zero-order valence-electron chi connectivity index (χ0n) is 4.22. The van der Waals surface area contributed by atoms with E-state index in [0.717, 1.165) is 0 Å². The molecular weight excluding hydrogens is 92.1 g/mol. The maximum absolute atomic E-state index is 9.71. The van der Waals surface area contributed by atoms with Crippen molar-refractivity contribution < 1.29 is 9.90 Å². The Morgan fingerprint density at radius 3 is 2.57 bits per heavy atom. The third-order valence-corrected chi connectivity index (χ3v) is 0.528. The Morgan fingerprint density at radius 1 is 1.86 bits per heavy atom. The Balaban J connectivity index is 3.14. The van der Waals surface area contributed by atoms with Crippen molar-refractivity contribution in [2.24, 2.45) is 0 Å². The maximum Gasteiger partial charge on any atom is 0.307 e. The van der Waals surface area contributed by atoms with Gasteiger partial charge in [-0.25, -0.2) is 0 Å². The zero-order chi connectivity index (χ0) is 5.70. The molecule has 0 aliphatic carbocycles. The molecule has 0 aromatic rings. The van der Waals surface area contributed by atoms with Crippen molar-refractivity contribution >= 4 is 5.97 Å². The number of carboxylic acids is 1. The molecule has 0 aliphatic rings. The van der Waals surface area contributed by atoms with Crippen molar-refractivity contribution in [1.29, 1.82) is 0 Å². The molecule has 0 rings (SSSR count). The van der Waals surface area contributed by atoms with Crippen molar-refractivity contribution in [3.05, 3.63) is 12.2 Å². The van der Waals surface area contributed by atoms with Gasteiger partial charge in [0.05, 0.1) is 6.42 Å². The summed E-state index contributed by atoms with van der Waals surface area (Å²) in [5.74, 6) is -0.780. The summed E-state index contributed by atoms with van der Waals surface area (Å²) in [6.45, 7) is 1.79. The SMILES string of the molecule is CC=CCC(=O)O. The predicted molar refractivity (Wildman–Crippen MR) is 27.1 cm³/mol. The first-order chi connectivity index (χ1) is 3.27. The lowest BCUT2D eigenvalue weighted by atomic mass is 10.4. The quantitative estimate of drug-likeness (QED) is 0.526. The number of hydrogen-bond acceptors (Lipinski definition) is 1. The van der Waals surface area contributed by atoms with E-state index in [1.54, 1.807) is 19.1 Å². The second kappa shape index (κ2) is 3.40. The van der Waals surface area contributed by atoms with Crippen LogP contribution < -0.4 is 0 Å². The monoisotopic (exact) mass is 100 g/mol. The number of carboxylic acid groups (broad SMARTS) is 1. The predicted octanol–water partition coefficient (Wildman–Crippen LogP) is 1.04. The summed E-state index contributed by atoms with van der Waals surface area (Å²) in [5.41, 5.74) is 0. The van der Waals surface area contributed by atoms with Crippen LogP contribution in [-0.4, -0.2) is 11.1 Å². The van der Waals surface area contributed by atoms with Gasteiger partial charge < -0.3 is 5.11 Å². The first kappa shape index (κ1) is 6.21. The number of allylic oxidation sites excluding steroid dienone is 1. The standard InChI is InChI=1S/C5H8O2/c1-2-3-4-5(6)7/h2-3H,4H2,1H3,(H,6,7). The van der Waals surface area contributed by atoms with E-state index in [4.69, 9.17) is 5.11 Å². The van der Waals surface area contributed by atoms with Gasteiger partial charge in [-0.2, -0.15) is 0 Å². The molecule has 0 aromatic heterocycles. The zero-order valence-corrected chi connectivity index (χ0v) is 4.22. The molecule has 0 saturated heterocycles. The minimum Gasteiger partial charge on any atom is -0.481 e. The Labute approximate surface area is 42.5 Å². The largest absolute Gasteiger partial charge is 0.481 e. The second-order valence-electron chi connectivity index (χ2n) is 1.17. The Morgan fingerprint density at radius 2 is 2.43 bits per heavy atom. The molecule has 0 heterocycles. The molecule has 0 bridgehead atoms. The summed E-state index contributed by atoms with van der Waals surface area (Å²) in [4.78, 5) is 9.71. The molecule has 7 heavy (non-hydrogen) atoms. The third-order valence-electron chi connectivity index (χ3n) is 0.528. The topological polar surface area (TPSA) is 37.3 Å². The van der Waals surface area contributed by atoms with E-state index in [1.165, 1.54) is 0 Å². The Hall–Kier alpha value is -0.790. The molecule has 0 aliphatic heterocycles. The summed E-state index contributed by atoms with van der Waals surface area (Å²) >= 11 is 0. The molecule has 0 spiro atoms. The van der Waals surface area contributed by atoms with Crippen LogP contribution in [0.3, 0.4) is 0 Å². The minimum atomic E-state index is -0.780. The molecule has 2 heteroatoms. The van der Waals surface area contributed by atoms with Crippen LogP contribution in [-0.2, 0) is 4.79 Å². The molecule has 0 radical (unpaired) electrons. The lowest BCUT2D eigenvalue weighted by molar-refractivity contribution is -0.136. The number of aliphatic carboxylic acids is 1. The van der Waals surface area contributed by atoms with Crippen molar-refractivity contribution in [3.8, 4) is 0 Å². The van der Waals surface area contributed by atoms with Crippen LogP contribution in [0.25, 0.3) is 0 Å². The molecule has 0 atom stereocenters. The normalized spacial score (nSPS) is 9.86. The minimum absolute atomic E-state index is 0.135. The molecule has 1 N–H and O–H groups in total. The van der Waals surface area contributed by atoms with Crippen molar-refractivity contribution in [3.63, 3.8) is 0 Å². The van der Waals surface area contributed by atoms with Gasteiger partial charge in [0.15, 0.2) is 0 Å². The van der Waals surface area contributed by atoms with Gasteiger partial charge in [-0.1, -0.05) is 12.2 Å². The van der Waals surface area contributed by atoms with E-state index >= 15 is 0 Å². The Bertz CT molecular complexity index is 84.1. The van der Waals surface area contributed by atoms with E-state index in [9.17, 15) is 4.79 Å². The highest BCUT2D eigenvalue weighted by Crippen LogP contribution is 1.79. The summed E-state index contributed by atoms with van der Waals surface area (Å²) in [5, 5.41) is 7.99. The average molecular weight is 100 g/mol. The molecule has 0 aromatic carbocycles. The fraction of sp³-hybridized carbons (Fsp3) is 0.400. The summed E-state index contributed by atoms with van der Waals surface area (Å²) < 4.78 is 0. The highest BCUT2D eigenvalue weighted by molar-refractivity contribution is 5.68. The molecule has 0 fully saturated rings. The Kier molecular flexibility index (Phi) is 3.02. The van der Waals surface area contributed by atoms with Gasteiger partial charge in [0, 0.05) is 0 Å². The van der Waals surface area contributed by atoms with E-state index in [1.807, 2.05) is 0 Å². The molecule has 0 saturated carbocycles. The van der Waals surface area contributed by atoms with Crippen LogP contribution in [0.5, 0.6) is 0 Å². The molecular formula is C5H8O2. The van der Waals surface area contributed by atoms with Gasteiger partial charge in [0.2, 0.25) is 0 Å². The second-order valence-corrected chi connectivity index (χ2v) is 1.17. The smallest absolute Gasteiger partial charge is 0.307 e. The van der Waals surface area contributed by atoms with E-state index in [0.29, 0.717) is 0 Å². The maximum atomic E-state index is 9.71. The van der Waals surface area contributed by atoms with Crippen LogP contribution in [0.2, 0.25) is 0 Å². The first-order valence-corrected chi connectivity index (χ1v) is 2.10. The van der Waals surface area contributed by atoms with Gasteiger partial charge >= 0.3 is 5.97 Å². The van der Waals surface area contributed by atoms with Gasteiger partial charge in [-0.05, 0) is 6.92 Å². The number of rotatable bonds is 2. The highest BCUT2D eigenvalue weighted by atomic mass is 16.4. The molecule has 0 unspecified atom stereocenters. The summed E-state index contributed by atoms with van der Waals surface area (Å²) in [7, 11) is 0. The van der Waals surface area contributed by atoms with Crippen LogP contribution in [0.15, 0.2) is 12.2 Å². The average Bonchev–Trinajstić information content (AvgIpc) is 1.61. The lowest BCUT2D eigenvalue weighted by Crippen LogP contribution is -1.88. The molecule has 2 nitrogen and oxygen atoms in total. The van der Waals surface area contributed by atoms with Crippen LogP contribution in [0.1, 0.15) is 13.3 Å². The highest BCUT2D eigenvalue weighted by Gasteiger charge is 1.85. The van der Waals surface area contributed by atoms with Crippen molar-refractivity contribution in [1.82, 2.24) is 0 Å². The fourth-order valence-electron chi connectivity index (χ4n) is 0.219. The van der Waals surface area contributed by atoms with Crippen molar-refractivity contribution in [2.75, 3.05) is 0 Å². The van der Waals surface area contributed by atoms with Crippen LogP contribution in [0.4, 0.5) is 0 Å². The third kappa shape index (κ3) is 5.21. The lowest BCUT2D eigenvalue weighted by Gasteiger charge is -1.77. The van der Waals surface area contributed by atoms with E-state index in [-0.39, 0.29) is 6.42 Å². The van der Waals surface area contributed by atoms with Crippen LogP contribution in [0, 0.1) is 0 Å². The van der Waals surface area contributed by atoms with Gasteiger partial charge in [-0.3, -0.25) is 4.79 Å². The van der Waals surface area contributed by atoms with Gasteiger partial charge in [0.1, 0.15) is 0 Å². The molecule has 0 amide bonds. The first-order valence-electron chi connectivity index (χ1n) is 2.10.